The quantitative estimate of drug-likeness (QED) is 0.870. The van der Waals surface area contributed by atoms with Crippen molar-refractivity contribution in [1.29, 1.82) is 0 Å². The number of halogens is 1. The van der Waals surface area contributed by atoms with Gasteiger partial charge in [-0.2, -0.15) is 0 Å². The van der Waals surface area contributed by atoms with Gasteiger partial charge in [0.05, 0.1) is 0 Å². The van der Waals surface area contributed by atoms with Gasteiger partial charge in [0.2, 0.25) is 0 Å². The molecule has 94 valence electrons. The fourth-order valence-electron chi connectivity index (χ4n) is 2.59. The molecule has 17 heavy (non-hydrogen) atoms. The van der Waals surface area contributed by atoms with Crippen molar-refractivity contribution in [1.82, 2.24) is 4.90 Å². The van der Waals surface area contributed by atoms with Crippen LogP contribution in [0.5, 0.6) is 0 Å². The zero-order valence-electron chi connectivity index (χ0n) is 10.1. The number of hydrogen-bond acceptors (Lipinski definition) is 2. The second-order valence-corrected chi connectivity index (χ2v) is 4.72. The molecular weight excluding hydrogens is 217 g/mol. The van der Waals surface area contributed by atoms with Crippen LogP contribution in [-0.2, 0) is 6.54 Å². The zero-order valence-corrected chi connectivity index (χ0v) is 10.1. The van der Waals surface area contributed by atoms with E-state index in [1.807, 2.05) is 12.1 Å². The van der Waals surface area contributed by atoms with Crippen LogP contribution in [0.3, 0.4) is 0 Å². The highest BCUT2D eigenvalue weighted by Crippen LogP contribution is 2.22. The summed E-state index contributed by atoms with van der Waals surface area (Å²) >= 11 is 0. The molecule has 2 nitrogen and oxygen atoms in total. The van der Waals surface area contributed by atoms with Crippen molar-refractivity contribution in [3.8, 4) is 0 Å². The molecule has 2 rings (SSSR count). The van der Waals surface area contributed by atoms with Crippen molar-refractivity contribution in [2.75, 3.05) is 13.2 Å². The van der Waals surface area contributed by atoms with Crippen molar-refractivity contribution >= 4 is 0 Å². The van der Waals surface area contributed by atoms with Crippen LogP contribution in [0.15, 0.2) is 24.3 Å². The van der Waals surface area contributed by atoms with E-state index in [1.165, 1.54) is 18.9 Å². The third-order valence-electron chi connectivity index (χ3n) is 3.54. The van der Waals surface area contributed by atoms with Crippen molar-refractivity contribution in [2.24, 2.45) is 0 Å². The van der Waals surface area contributed by atoms with E-state index in [0.29, 0.717) is 12.6 Å². The molecule has 0 spiro atoms. The molecule has 0 aromatic heterocycles. The normalized spacial score (nSPS) is 21.6. The second-order valence-electron chi connectivity index (χ2n) is 4.72. The molecule has 1 fully saturated rings. The number of benzene rings is 1. The molecule has 1 aromatic carbocycles. The zero-order chi connectivity index (χ0) is 12.1. The summed E-state index contributed by atoms with van der Waals surface area (Å²) in [7, 11) is 0. The first-order chi connectivity index (χ1) is 8.31. The Morgan fingerprint density at radius 2 is 2.12 bits per heavy atom. The molecule has 1 saturated heterocycles. The minimum Gasteiger partial charge on any atom is -0.396 e. The lowest BCUT2D eigenvalue weighted by Gasteiger charge is -2.35. The van der Waals surface area contributed by atoms with E-state index in [4.69, 9.17) is 5.11 Å². The Morgan fingerprint density at radius 3 is 2.88 bits per heavy atom. The highest BCUT2D eigenvalue weighted by Gasteiger charge is 2.22. The topological polar surface area (TPSA) is 23.5 Å². The average Bonchev–Trinajstić information content (AvgIpc) is 2.35. The predicted molar refractivity (Wildman–Crippen MR) is 66.2 cm³/mol. The van der Waals surface area contributed by atoms with Crippen molar-refractivity contribution < 1.29 is 9.50 Å². The van der Waals surface area contributed by atoms with Crippen LogP contribution in [0.25, 0.3) is 0 Å². The maximum atomic E-state index is 13.6. The minimum atomic E-state index is -0.124. The van der Waals surface area contributed by atoms with E-state index in [1.54, 1.807) is 6.07 Å². The van der Waals surface area contributed by atoms with Gasteiger partial charge >= 0.3 is 0 Å². The lowest BCUT2D eigenvalue weighted by Crippen LogP contribution is -2.39. The van der Waals surface area contributed by atoms with Crippen LogP contribution in [-0.4, -0.2) is 29.2 Å². The SMILES string of the molecule is OCCC1CCCCN1Cc1ccccc1F. The Kier molecular flexibility index (Phi) is 4.51. The standard InChI is InChI=1S/C14H20FNO/c15-14-7-2-1-5-12(14)11-16-9-4-3-6-13(16)8-10-17/h1-2,5,7,13,17H,3-4,6,8-11H2. The van der Waals surface area contributed by atoms with Gasteiger partial charge < -0.3 is 5.11 Å². The monoisotopic (exact) mass is 237 g/mol. The molecule has 1 heterocycles. The van der Waals surface area contributed by atoms with Gasteiger partial charge in [-0.05, 0) is 31.9 Å². The summed E-state index contributed by atoms with van der Waals surface area (Å²) in [4.78, 5) is 2.30. The van der Waals surface area contributed by atoms with Crippen LogP contribution in [0.1, 0.15) is 31.2 Å². The summed E-state index contributed by atoms with van der Waals surface area (Å²) in [5, 5.41) is 9.06. The van der Waals surface area contributed by atoms with Gasteiger partial charge in [0, 0.05) is 24.8 Å². The van der Waals surface area contributed by atoms with Gasteiger partial charge in [-0.25, -0.2) is 4.39 Å². The van der Waals surface area contributed by atoms with E-state index < -0.39 is 0 Å². The lowest BCUT2D eigenvalue weighted by molar-refractivity contribution is 0.111. The molecule has 1 aromatic rings. The minimum absolute atomic E-state index is 0.124. The Hall–Kier alpha value is -0.930. The maximum Gasteiger partial charge on any atom is 0.127 e. The molecule has 0 bridgehead atoms. The van der Waals surface area contributed by atoms with Crippen LogP contribution in [0.4, 0.5) is 4.39 Å². The number of likely N-dealkylation sites (tertiary alicyclic amines) is 1. The second kappa shape index (κ2) is 6.12. The van der Waals surface area contributed by atoms with Crippen LogP contribution in [0.2, 0.25) is 0 Å². The smallest absolute Gasteiger partial charge is 0.127 e. The van der Waals surface area contributed by atoms with Crippen molar-refractivity contribution in [3.63, 3.8) is 0 Å². The number of aliphatic hydroxyl groups excluding tert-OH is 1. The van der Waals surface area contributed by atoms with E-state index in [-0.39, 0.29) is 12.4 Å². The van der Waals surface area contributed by atoms with Gasteiger partial charge in [-0.1, -0.05) is 24.6 Å². The largest absolute Gasteiger partial charge is 0.396 e. The molecule has 0 radical (unpaired) electrons. The Bertz CT molecular complexity index is 354. The molecule has 0 aliphatic carbocycles. The number of piperidine rings is 1. The maximum absolute atomic E-state index is 13.6. The molecule has 3 heteroatoms. The first kappa shape index (κ1) is 12.5. The predicted octanol–water partition coefficient (Wildman–Crippen LogP) is 2.56. The van der Waals surface area contributed by atoms with Crippen molar-refractivity contribution in [3.05, 3.63) is 35.6 Å². The van der Waals surface area contributed by atoms with E-state index in [0.717, 1.165) is 24.9 Å². The number of rotatable bonds is 4. The van der Waals surface area contributed by atoms with Gasteiger partial charge in [0.1, 0.15) is 5.82 Å². The molecule has 0 saturated carbocycles. The molecule has 0 amide bonds. The third kappa shape index (κ3) is 3.27. The summed E-state index contributed by atoms with van der Waals surface area (Å²) in [6, 6.07) is 7.37. The molecule has 1 atom stereocenters. The van der Waals surface area contributed by atoms with Gasteiger partial charge in [0.25, 0.3) is 0 Å². The van der Waals surface area contributed by atoms with E-state index in [2.05, 4.69) is 4.90 Å². The highest BCUT2D eigenvalue weighted by atomic mass is 19.1. The first-order valence-corrected chi connectivity index (χ1v) is 6.39. The summed E-state index contributed by atoms with van der Waals surface area (Å²) in [6.07, 6.45) is 4.32. The number of aliphatic hydroxyl groups is 1. The number of nitrogens with zero attached hydrogens (tertiary/aromatic N) is 1. The summed E-state index contributed by atoms with van der Waals surface area (Å²) in [6.45, 7) is 1.90. The molecule has 1 N–H and O–H groups in total. The van der Waals surface area contributed by atoms with Crippen LogP contribution >= 0.6 is 0 Å². The van der Waals surface area contributed by atoms with Gasteiger partial charge in [-0.3, -0.25) is 4.90 Å². The summed E-state index contributed by atoms with van der Waals surface area (Å²) < 4.78 is 13.6. The fraction of sp³-hybridized carbons (Fsp3) is 0.571. The van der Waals surface area contributed by atoms with Crippen LogP contribution < -0.4 is 0 Å². The Labute approximate surface area is 102 Å². The fourth-order valence-corrected chi connectivity index (χ4v) is 2.59. The number of hydrogen-bond donors (Lipinski definition) is 1. The summed E-state index contributed by atoms with van der Waals surface area (Å²) in [5.41, 5.74) is 0.761. The molecule has 1 aliphatic heterocycles. The highest BCUT2D eigenvalue weighted by molar-refractivity contribution is 5.17. The lowest BCUT2D eigenvalue weighted by atomic mass is 9.99. The first-order valence-electron chi connectivity index (χ1n) is 6.39. The van der Waals surface area contributed by atoms with E-state index in [9.17, 15) is 4.39 Å². The molecular formula is C14H20FNO. The Morgan fingerprint density at radius 1 is 1.29 bits per heavy atom. The Balaban J connectivity index is 2.03. The third-order valence-corrected chi connectivity index (χ3v) is 3.54. The van der Waals surface area contributed by atoms with Crippen LogP contribution in [0, 0.1) is 5.82 Å². The van der Waals surface area contributed by atoms with Gasteiger partial charge in [0.15, 0.2) is 0 Å². The summed E-state index contributed by atoms with van der Waals surface area (Å²) in [5.74, 6) is -0.124. The van der Waals surface area contributed by atoms with Crippen molar-refractivity contribution in [2.45, 2.75) is 38.3 Å². The average molecular weight is 237 g/mol. The van der Waals surface area contributed by atoms with Gasteiger partial charge in [-0.15, -0.1) is 0 Å². The molecule has 1 aliphatic rings. The van der Waals surface area contributed by atoms with E-state index >= 15 is 0 Å². The molecule has 1 unspecified atom stereocenters.